The van der Waals surface area contributed by atoms with E-state index in [2.05, 4.69) is 10.3 Å². The number of primary amides is 1. The van der Waals surface area contributed by atoms with Crippen LogP contribution in [0.3, 0.4) is 0 Å². The molecular formula is C32H48N4O8. The molecule has 1 unspecified atom stereocenters. The van der Waals surface area contributed by atoms with Gasteiger partial charge in [-0.05, 0) is 65.1 Å². The SMILES string of the molecule is CO[C@H]1C[C@H](C)Cc2c(O)c(cc(O)c2N=CCN(C)C)NC(=O)C(C)=CCC[C@H](OC)[C@@H](OC(N)=O)C(C)C=C(C)C1=O. The minimum Gasteiger partial charge on any atom is -0.506 e. The smallest absolute Gasteiger partial charge is 0.404 e. The van der Waals surface area contributed by atoms with Gasteiger partial charge in [-0.15, -0.1) is 0 Å². The van der Waals surface area contributed by atoms with Crippen molar-refractivity contribution in [1.29, 1.82) is 0 Å². The number of aromatic hydroxyl groups is 2. The maximum absolute atomic E-state index is 13.5. The summed E-state index contributed by atoms with van der Waals surface area (Å²) in [5, 5.41) is 25.0. The van der Waals surface area contributed by atoms with E-state index >= 15 is 0 Å². The van der Waals surface area contributed by atoms with Crippen LogP contribution >= 0.6 is 0 Å². The third-order valence-corrected chi connectivity index (χ3v) is 7.61. The number of amides is 2. The van der Waals surface area contributed by atoms with Crippen LogP contribution in [0.1, 0.15) is 52.5 Å². The number of nitrogens with zero attached hydrogens (tertiary/aromatic N) is 2. The van der Waals surface area contributed by atoms with Gasteiger partial charge in [0.1, 0.15) is 29.4 Å². The Labute approximate surface area is 259 Å². The van der Waals surface area contributed by atoms with Gasteiger partial charge in [0.15, 0.2) is 5.78 Å². The fourth-order valence-corrected chi connectivity index (χ4v) is 5.21. The molecule has 0 aromatic heterocycles. The normalized spacial score (nSPS) is 24.6. The first-order valence-corrected chi connectivity index (χ1v) is 14.7. The van der Waals surface area contributed by atoms with Crippen molar-refractivity contribution in [3.05, 3.63) is 34.9 Å². The van der Waals surface area contributed by atoms with E-state index in [-0.39, 0.29) is 47.4 Å². The average molecular weight is 617 g/mol. The fourth-order valence-electron chi connectivity index (χ4n) is 5.21. The molecule has 0 fully saturated rings. The number of hydrogen-bond acceptors (Lipinski definition) is 10. The second-order valence-corrected chi connectivity index (χ2v) is 11.6. The van der Waals surface area contributed by atoms with Gasteiger partial charge < -0.3 is 40.4 Å². The Balaban J connectivity index is 2.64. The molecule has 2 amide bonds. The monoisotopic (exact) mass is 616 g/mol. The minimum atomic E-state index is -0.968. The number of fused-ring (bicyclic) bond motifs is 2. The number of nitrogens with one attached hydrogen (secondary N) is 1. The number of aliphatic imine (C=N–C) groups is 1. The molecular weight excluding hydrogens is 568 g/mol. The highest BCUT2D eigenvalue weighted by Gasteiger charge is 2.31. The number of nitrogens with two attached hydrogens (primary N) is 1. The first-order valence-electron chi connectivity index (χ1n) is 14.7. The van der Waals surface area contributed by atoms with E-state index in [0.717, 1.165) is 0 Å². The quantitative estimate of drug-likeness (QED) is 0.207. The number of ketones is 1. The summed E-state index contributed by atoms with van der Waals surface area (Å²) >= 11 is 0. The number of allylic oxidation sites excluding steroid dienone is 1. The van der Waals surface area contributed by atoms with Gasteiger partial charge in [-0.25, -0.2) is 4.79 Å². The molecule has 2 rings (SSSR count). The van der Waals surface area contributed by atoms with E-state index in [1.54, 1.807) is 39.1 Å². The van der Waals surface area contributed by atoms with Crippen LogP contribution in [0, 0.1) is 11.8 Å². The average Bonchev–Trinajstić information content (AvgIpc) is 2.95. The standard InChI is InChI=1S/C32H48N4O8/c1-18-14-22-27(34-12-13-36(5)6)24(37)17-23(29(22)39)35-31(40)19(2)10-9-11-25(42-7)30(44-32(33)41)21(4)16-20(3)28(38)26(15-18)43-8/h10,12,16-18,21,25-26,30,37,39H,9,11,13-15H2,1-8H3,(H2,33,41)(H,35,40)/t18-,21?,25+,26+,30+/m1/s1. The molecule has 0 spiro atoms. The molecule has 0 aliphatic carbocycles. The van der Waals surface area contributed by atoms with Gasteiger partial charge in [-0.1, -0.05) is 26.0 Å². The van der Waals surface area contributed by atoms with E-state index in [1.165, 1.54) is 20.3 Å². The number of ether oxygens (including phenoxy) is 3. The number of benzene rings is 1. The van der Waals surface area contributed by atoms with Gasteiger partial charge in [0.25, 0.3) is 5.91 Å². The number of hydrogen-bond donors (Lipinski definition) is 4. The molecule has 44 heavy (non-hydrogen) atoms. The van der Waals surface area contributed by atoms with E-state index in [9.17, 15) is 24.6 Å². The minimum absolute atomic E-state index is 0.0311. The number of rotatable bonds is 6. The van der Waals surface area contributed by atoms with Crippen LogP contribution in [0.25, 0.3) is 0 Å². The molecule has 5 N–H and O–H groups in total. The van der Waals surface area contributed by atoms with Crippen molar-refractivity contribution in [3.63, 3.8) is 0 Å². The van der Waals surface area contributed by atoms with Crippen molar-refractivity contribution in [3.8, 4) is 11.5 Å². The number of anilines is 1. The zero-order chi connectivity index (χ0) is 33.1. The summed E-state index contributed by atoms with van der Waals surface area (Å²) in [5.74, 6) is -1.81. The summed E-state index contributed by atoms with van der Waals surface area (Å²) in [6, 6.07) is 1.27. The second kappa shape index (κ2) is 16.9. The summed E-state index contributed by atoms with van der Waals surface area (Å²) in [5.41, 5.74) is 6.71. The Morgan fingerprint density at radius 2 is 1.84 bits per heavy atom. The Bertz CT molecular complexity index is 1270. The predicted molar refractivity (Wildman–Crippen MR) is 170 cm³/mol. The Morgan fingerprint density at radius 1 is 1.16 bits per heavy atom. The predicted octanol–water partition coefficient (Wildman–Crippen LogP) is 4.25. The molecule has 244 valence electrons. The van der Waals surface area contributed by atoms with Gasteiger partial charge >= 0.3 is 6.09 Å². The van der Waals surface area contributed by atoms with Crippen LogP contribution in [0.15, 0.2) is 34.4 Å². The zero-order valence-electron chi connectivity index (χ0n) is 27.0. The second-order valence-electron chi connectivity index (χ2n) is 11.6. The molecule has 5 atom stereocenters. The molecule has 0 saturated heterocycles. The molecule has 0 radical (unpaired) electrons. The van der Waals surface area contributed by atoms with Gasteiger partial charge in [-0.2, -0.15) is 0 Å². The Kier molecular flexibility index (Phi) is 14.0. The topological polar surface area (TPSA) is 173 Å². The summed E-state index contributed by atoms with van der Waals surface area (Å²) < 4.78 is 16.7. The molecule has 12 heteroatoms. The van der Waals surface area contributed by atoms with Crippen molar-refractivity contribution in [2.24, 2.45) is 22.6 Å². The van der Waals surface area contributed by atoms with Crippen molar-refractivity contribution >= 4 is 35.4 Å². The van der Waals surface area contributed by atoms with Crippen LogP contribution in [0.5, 0.6) is 11.5 Å². The number of carbonyl (C=O) groups excluding carboxylic acids is 3. The highest BCUT2D eigenvalue weighted by molar-refractivity contribution is 6.04. The number of methoxy groups -OCH3 is 2. The van der Waals surface area contributed by atoms with E-state index < -0.39 is 36.2 Å². The molecule has 1 aromatic rings. The first kappa shape index (κ1) is 36.5. The molecule has 1 heterocycles. The third-order valence-electron chi connectivity index (χ3n) is 7.61. The van der Waals surface area contributed by atoms with Crippen molar-refractivity contribution < 1.29 is 38.8 Å². The highest BCUT2D eigenvalue weighted by Crippen LogP contribution is 2.44. The van der Waals surface area contributed by atoms with Crippen LogP contribution in [0.4, 0.5) is 16.2 Å². The lowest BCUT2D eigenvalue weighted by Gasteiger charge is -2.29. The van der Waals surface area contributed by atoms with E-state index in [1.807, 2.05) is 25.9 Å². The summed E-state index contributed by atoms with van der Waals surface area (Å²) in [6.45, 7) is 7.50. The molecule has 2 bridgehead atoms. The molecule has 1 aliphatic rings. The first-order chi connectivity index (χ1) is 20.7. The number of phenolic OH excluding ortho intramolecular Hbond substituents is 2. The number of Topliss-reactive ketones (excluding diaryl/α,β-unsaturated/α-hetero) is 1. The molecule has 1 aliphatic heterocycles. The van der Waals surface area contributed by atoms with E-state index in [0.29, 0.717) is 36.1 Å². The van der Waals surface area contributed by atoms with Crippen LogP contribution < -0.4 is 11.1 Å². The Hall–Kier alpha value is -3.74. The third kappa shape index (κ3) is 10.2. The highest BCUT2D eigenvalue weighted by atomic mass is 16.6. The van der Waals surface area contributed by atoms with Crippen LogP contribution in [0.2, 0.25) is 0 Å². The fraction of sp³-hybridized carbons (Fsp3) is 0.562. The maximum Gasteiger partial charge on any atom is 0.404 e. The zero-order valence-corrected chi connectivity index (χ0v) is 27.0. The lowest BCUT2D eigenvalue weighted by Crippen LogP contribution is -2.39. The van der Waals surface area contributed by atoms with Gasteiger partial charge in [0.2, 0.25) is 0 Å². The number of phenols is 2. The van der Waals surface area contributed by atoms with Gasteiger partial charge in [-0.3, -0.25) is 14.6 Å². The molecule has 12 nitrogen and oxygen atoms in total. The lowest BCUT2D eigenvalue weighted by atomic mass is 9.89. The van der Waals surface area contributed by atoms with Crippen LogP contribution in [-0.2, 0) is 30.2 Å². The molecule has 0 saturated carbocycles. The van der Waals surface area contributed by atoms with E-state index in [4.69, 9.17) is 19.9 Å². The molecule has 1 aromatic carbocycles. The Morgan fingerprint density at radius 3 is 2.43 bits per heavy atom. The lowest BCUT2D eigenvalue weighted by molar-refractivity contribution is -0.125. The van der Waals surface area contributed by atoms with Gasteiger partial charge in [0.05, 0.1) is 11.8 Å². The number of carbonyl (C=O) groups is 3. The van der Waals surface area contributed by atoms with Gasteiger partial charge in [0, 0.05) is 50.1 Å². The maximum atomic E-state index is 13.5. The summed E-state index contributed by atoms with van der Waals surface area (Å²) in [6.07, 6.45) is 3.15. The largest absolute Gasteiger partial charge is 0.506 e. The summed E-state index contributed by atoms with van der Waals surface area (Å²) in [7, 11) is 6.69. The van der Waals surface area contributed by atoms with Crippen molar-refractivity contribution in [2.45, 2.75) is 71.7 Å². The van der Waals surface area contributed by atoms with Crippen molar-refractivity contribution in [2.75, 3.05) is 40.2 Å². The van der Waals surface area contributed by atoms with Crippen LogP contribution in [-0.4, -0.2) is 92.3 Å². The van der Waals surface area contributed by atoms with Crippen molar-refractivity contribution in [1.82, 2.24) is 4.90 Å². The summed E-state index contributed by atoms with van der Waals surface area (Å²) in [4.78, 5) is 44.7.